The summed E-state index contributed by atoms with van der Waals surface area (Å²) in [4.78, 5) is 2.39. The maximum absolute atomic E-state index is 2.44. The Morgan fingerprint density at radius 1 is 0.344 bits per heavy atom. The van der Waals surface area contributed by atoms with E-state index < -0.39 is 5.41 Å². The third kappa shape index (κ3) is 5.43. The van der Waals surface area contributed by atoms with Crippen LogP contribution in [0, 0.1) is 0 Å². The van der Waals surface area contributed by atoms with E-state index in [-0.39, 0.29) is 0 Å². The number of rotatable bonds is 7. The summed E-state index contributed by atoms with van der Waals surface area (Å²) in [5, 5.41) is 5.12. The first-order valence-electron chi connectivity index (χ1n) is 21.1. The Kier molecular flexibility index (Phi) is 8.11. The first kappa shape index (κ1) is 35.0. The van der Waals surface area contributed by atoms with Gasteiger partial charge in [0, 0.05) is 33.5 Å². The number of hydrogen-bond acceptors (Lipinski definition) is 1. The first-order valence-corrected chi connectivity index (χ1v) is 21.1. The topological polar surface area (TPSA) is 8.17 Å². The van der Waals surface area contributed by atoms with Crippen molar-refractivity contribution in [1.82, 2.24) is 4.57 Å². The summed E-state index contributed by atoms with van der Waals surface area (Å²) in [7, 11) is 0. The highest BCUT2D eigenvalue weighted by Crippen LogP contribution is 2.57. The van der Waals surface area contributed by atoms with Crippen molar-refractivity contribution in [3.8, 4) is 27.9 Å². The van der Waals surface area contributed by atoms with Crippen molar-refractivity contribution < 1.29 is 0 Å². The van der Waals surface area contributed by atoms with Gasteiger partial charge >= 0.3 is 0 Å². The van der Waals surface area contributed by atoms with E-state index in [0.29, 0.717) is 0 Å². The maximum Gasteiger partial charge on any atom is 0.0714 e. The standard InChI is InChI=1S/C59H40N2/c1-4-17-44(18-5-1)59(45-19-6-2-7-20-45)54-26-14-12-24-51(54)52-38-37-49(40-55(52)59)60(46-21-8-3-9-22-46)47-33-28-41(29-34-47)42-30-35-48(36-31-42)61-56-27-15-13-25-53(56)58-50-23-11-10-16-43(50)32-39-57(58)61/h1-40H. The molecule has 0 bridgehead atoms. The Balaban J connectivity index is 0.953. The zero-order valence-electron chi connectivity index (χ0n) is 33.5. The number of anilines is 3. The molecule has 0 amide bonds. The molecule has 10 aromatic carbocycles. The van der Waals surface area contributed by atoms with Crippen molar-refractivity contribution in [3.05, 3.63) is 265 Å². The van der Waals surface area contributed by atoms with Gasteiger partial charge in [-0.1, -0.05) is 182 Å². The van der Waals surface area contributed by atoms with Gasteiger partial charge in [-0.05, 0) is 116 Å². The maximum atomic E-state index is 2.44. The average Bonchev–Trinajstić information content (AvgIpc) is 3.84. The second-order valence-corrected chi connectivity index (χ2v) is 16.1. The molecule has 286 valence electrons. The van der Waals surface area contributed by atoms with Gasteiger partial charge in [0.2, 0.25) is 0 Å². The molecule has 1 aromatic heterocycles. The van der Waals surface area contributed by atoms with Crippen molar-refractivity contribution in [1.29, 1.82) is 0 Å². The van der Waals surface area contributed by atoms with Gasteiger partial charge in [-0.25, -0.2) is 0 Å². The van der Waals surface area contributed by atoms with Crippen LogP contribution in [0.2, 0.25) is 0 Å². The lowest BCUT2D eigenvalue weighted by Crippen LogP contribution is -2.28. The van der Waals surface area contributed by atoms with Gasteiger partial charge in [-0.2, -0.15) is 0 Å². The van der Waals surface area contributed by atoms with E-state index in [9.17, 15) is 0 Å². The Hall–Kier alpha value is -7.94. The third-order valence-electron chi connectivity index (χ3n) is 12.9. The molecule has 0 saturated carbocycles. The van der Waals surface area contributed by atoms with Gasteiger partial charge < -0.3 is 9.47 Å². The lowest BCUT2D eigenvalue weighted by atomic mass is 9.67. The number of nitrogens with zero attached hydrogens (tertiary/aromatic N) is 2. The molecule has 11 aromatic rings. The van der Waals surface area contributed by atoms with Gasteiger partial charge in [-0.15, -0.1) is 0 Å². The number of para-hydroxylation sites is 2. The van der Waals surface area contributed by atoms with Crippen LogP contribution in [0.25, 0.3) is 60.5 Å². The van der Waals surface area contributed by atoms with E-state index in [1.54, 1.807) is 0 Å². The number of aromatic nitrogens is 1. The van der Waals surface area contributed by atoms with Gasteiger partial charge in [-0.3, -0.25) is 0 Å². The van der Waals surface area contributed by atoms with Gasteiger partial charge in [0.15, 0.2) is 0 Å². The molecule has 2 heteroatoms. The zero-order chi connectivity index (χ0) is 40.3. The van der Waals surface area contributed by atoms with Crippen molar-refractivity contribution in [2.45, 2.75) is 5.41 Å². The van der Waals surface area contributed by atoms with Crippen molar-refractivity contribution >= 4 is 49.6 Å². The molecule has 0 fully saturated rings. The predicted octanol–water partition coefficient (Wildman–Crippen LogP) is 15.4. The van der Waals surface area contributed by atoms with Crippen LogP contribution in [0.3, 0.4) is 0 Å². The summed E-state index contributed by atoms with van der Waals surface area (Å²) < 4.78 is 2.40. The monoisotopic (exact) mass is 776 g/mol. The van der Waals surface area contributed by atoms with Crippen molar-refractivity contribution in [2.24, 2.45) is 0 Å². The normalized spacial score (nSPS) is 12.7. The molecule has 0 aliphatic heterocycles. The van der Waals surface area contributed by atoms with Crippen molar-refractivity contribution in [2.75, 3.05) is 4.90 Å². The minimum Gasteiger partial charge on any atom is -0.310 e. The van der Waals surface area contributed by atoms with Gasteiger partial charge in [0.05, 0.1) is 16.4 Å². The van der Waals surface area contributed by atoms with E-state index in [2.05, 4.69) is 252 Å². The molecule has 0 N–H and O–H groups in total. The summed E-state index contributed by atoms with van der Waals surface area (Å²) in [5.74, 6) is 0. The Morgan fingerprint density at radius 2 is 0.885 bits per heavy atom. The molecule has 1 heterocycles. The first-order chi connectivity index (χ1) is 30.3. The second-order valence-electron chi connectivity index (χ2n) is 16.1. The van der Waals surface area contributed by atoms with Crippen LogP contribution < -0.4 is 4.90 Å². The SMILES string of the molecule is c1ccc(N(c2ccc(-c3ccc(-n4c5ccccc5c5c6ccccc6ccc54)cc3)cc2)c2ccc3c(c2)C(c2ccccc2)(c2ccccc2)c2ccccc2-3)cc1. The second kappa shape index (κ2) is 14.1. The quantitative estimate of drug-likeness (QED) is 0.156. The predicted molar refractivity (Wildman–Crippen MR) is 256 cm³/mol. The molecule has 12 rings (SSSR count). The molecular formula is C59H40N2. The Labute approximate surface area is 355 Å². The van der Waals surface area contributed by atoms with Crippen LogP contribution in [0.15, 0.2) is 243 Å². The summed E-state index contributed by atoms with van der Waals surface area (Å²) in [6.45, 7) is 0. The fraction of sp³-hybridized carbons (Fsp3) is 0.0169. The van der Waals surface area contributed by atoms with Crippen LogP contribution in [0.1, 0.15) is 22.3 Å². The number of fused-ring (bicyclic) bond motifs is 8. The average molecular weight is 777 g/mol. The molecule has 0 unspecified atom stereocenters. The highest BCUT2D eigenvalue weighted by atomic mass is 15.1. The van der Waals surface area contributed by atoms with Crippen LogP contribution >= 0.6 is 0 Å². The number of hydrogen-bond donors (Lipinski definition) is 0. The zero-order valence-corrected chi connectivity index (χ0v) is 33.5. The van der Waals surface area contributed by atoms with Gasteiger partial charge in [0.25, 0.3) is 0 Å². The van der Waals surface area contributed by atoms with Crippen molar-refractivity contribution in [3.63, 3.8) is 0 Å². The summed E-state index contributed by atoms with van der Waals surface area (Å²) in [5.41, 5.74) is 16.5. The highest BCUT2D eigenvalue weighted by molar-refractivity contribution is 6.21. The molecule has 61 heavy (non-hydrogen) atoms. The molecule has 0 radical (unpaired) electrons. The van der Waals surface area contributed by atoms with E-state index in [4.69, 9.17) is 0 Å². The van der Waals surface area contributed by atoms with E-state index in [1.807, 2.05) is 0 Å². The fourth-order valence-corrected chi connectivity index (χ4v) is 10.2. The van der Waals surface area contributed by atoms with E-state index in [0.717, 1.165) is 22.7 Å². The van der Waals surface area contributed by atoms with Crippen LogP contribution in [-0.4, -0.2) is 4.57 Å². The largest absolute Gasteiger partial charge is 0.310 e. The molecule has 1 aliphatic carbocycles. The number of benzene rings is 10. The highest BCUT2D eigenvalue weighted by Gasteiger charge is 2.46. The fourth-order valence-electron chi connectivity index (χ4n) is 10.2. The van der Waals surface area contributed by atoms with E-state index >= 15 is 0 Å². The summed E-state index contributed by atoms with van der Waals surface area (Å²) in [6, 6.07) is 88.9. The molecule has 0 spiro atoms. The Bertz CT molecular complexity index is 3340. The smallest absolute Gasteiger partial charge is 0.0714 e. The third-order valence-corrected chi connectivity index (χ3v) is 12.9. The lowest BCUT2D eigenvalue weighted by Gasteiger charge is -2.35. The van der Waals surface area contributed by atoms with E-state index in [1.165, 1.54) is 77.1 Å². The minimum absolute atomic E-state index is 0.476. The van der Waals surface area contributed by atoms with Gasteiger partial charge in [0.1, 0.15) is 0 Å². The van der Waals surface area contributed by atoms with Crippen LogP contribution in [-0.2, 0) is 5.41 Å². The molecular weight excluding hydrogens is 737 g/mol. The molecule has 1 aliphatic rings. The molecule has 2 nitrogen and oxygen atoms in total. The molecule has 0 saturated heterocycles. The lowest BCUT2D eigenvalue weighted by molar-refractivity contribution is 0.768. The minimum atomic E-state index is -0.476. The summed E-state index contributed by atoms with van der Waals surface area (Å²) in [6.07, 6.45) is 0. The van der Waals surface area contributed by atoms with Crippen LogP contribution in [0.4, 0.5) is 17.1 Å². The van der Waals surface area contributed by atoms with Crippen LogP contribution in [0.5, 0.6) is 0 Å². The Morgan fingerprint density at radius 3 is 1.61 bits per heavy atom. The summed E-state index contributed by atoms with van der Waals surface area (Å²) >= 11 is 0. The molecule has 0 atom stereocenters.